The monoisotopic (exact) mass is 283 g/mol. The summed E-state index contributed by atoms with van der Waals surface area (Å²) in [6, 6.07) is 5.55. The van der Waals surface area contributed by atoms with Crippen LogP contribution in [0.5, 0.6) is 0 Å². The quantitative estimate of drug-likeness (QED) is 0.851. The number of rotatable bonds is 3. The zero-order chi connectivity index (χ0) is 13.3. The van der Waals surface area contributed by atoms with Gasteiger partial charge in [-0.1, -0.05) is 11.6 Å². The molecule has 1 heterocycles. The van der Waals surface area contributed by atoms with Crippen molar-refractivity contribution in [2.75, 3.05) is 0 Å². The van der Waals surface area contributed by atoms with Crippen molar-refractivity contribution in [2.24, 2.45) is 0 Å². The average molecular weight is 284 g/mol. The third kappa shape index (κ3) is 2.73. The van der Waals surface area contributed by atoms with Gasteiger partial charge in [-0.15, -0.1) is 0 Å². The number of hydrogen-bond donors (Lipinski definition) is 2. The molecule has 0 aliphatic rings. The summed E-state index contributed by atoms with van der Waals surface area (Å²) in [6.45, 7) is 4.03. The Morgan fingerprint density at radius 2 is 2.28 bits per heavy atom. The first-order valence-corrected chi connectivity index (χ1v) is 6.43. The van der Waals surface area contributed by atoms with E-state index >= 15 is 0 Å². The Morgan fingerprint density at radius 3 is 2.94 bits per heavy atom. The molecule has 2 aromatic rings. The van der Waals surface area contributed by atoms with Crippen molar-refractivity contribution >= 4 is 40.8 Å². The summed E-state index contributed by atoms with van der Waals surface area (Å²) in [5.41, 5.74) is 1.72. The third-order valence-corrected chi connectivity index (χ3v) is 3.05. The first-order chi connectivity index (χ1) is 8.47. The van der Waals surface area contributed by atoms with Crippen molar-refractivity contribution in [2.45, 2.75) is 26.4 Å². The number of carbonyl (C=O) groups is 1. The Labute approximate surface area is 115 Å². The molecular weight excluding hydrogens is 270 g/mol. The molecule has 0 spiro atoms. The summed E-state index contributed by atoms with van der Waals surface area (Å²) >= 11 is 11.2. The molecule has 6 heteroatoms. The Kier molecular flexibility index (Phi) is 3.73. The highest BCUT2D eigenvalue weighted by Gasteiger charge is 2.09. The molecule has 0 aliphatic carbocycles. The molecule has 0 unspecified atom stereocenters. The minimum Gasteiger partial charge on any atom is -0.352 e. The summed E-state index contributed by atoms with van der Waals surface area (Å²) < 4.78 is 2.26. The van der Waals surface area contributed by atoms with E-state index in [0.717, 1.165) is 11.0 Å². The zero-order valence-corrected chi connectivity index (χ0v) is 11.7. The highest BCUT2D eigenvalue weighted by molar-refractivity contribution is 7.71. The maximum atomic E-state index is 11.8. The van der Waals surface area contributed by atoms with Crippen LogP contribution in [-0.2, 0) is 11.3 Å². The van der Waals surface area contributed by atoms with Crippen LogP contribution in [0.3, 0.4) is 0 Å². The second kappa shape index (κ2) is 5.12. The summed E-state index contributed by atoms with van der Waals surface area (Å²) in [6.07, 6.45) is 0. The number of nitrogens with one attached hydrogen (secondary N) is 2. The summed E-state index contributed by atoms with van der Waals surface area (Å²) in [5, 5.41) is 3.45. The van der Waals surface area contributed by atoms with Gasteiger partial charge >= 0.3 is 0 Å². The van der Waals surface area contributed by atoms with Gasteiger partial charge in [0, 0.05) is 11.1 Å². The van der Waals surface area contributed by atoms with E-state index in [0.29, 0.717) is 9.79 Å². The predicted molar refractivity (Wildman–Crippen MR) is 75.4 cm³/mol. The number of nitrogens with zero attached hydrogens (tertiary/aromatic N) is 1. The second-order valence-electron chi connectivity index (χ2n) is 4.40. The molecule has 1 amide bonds. The maximum absolute atomic E-state index is 11.8. The second-order valence-corrected chi connectivity index (χ2v) is 5.22. The van der Waals surface area contributed by atoms with Gasteiger partial charge in [0.2, 0.25) is 5.91 Å². The molecule has 1 aromatic heterocycles. The van der Waals surface area contributed by atoms with Gasteiger partial charge in [-0.05, 0) is 44.3 Å². The minimum atomic E-state index is -0.0676. The number of fused-ring (bicyclic) bond motifs is 1. The van der Waals surface area contributed by atoms with Crippen LogP contribution in [0.1, 0.15) is 13.8 Å². The van der Waals surface area contributed by atoms with Crippen LogP contribution in [-0.4, -0.2) is 21.5 Å². The first-order valence-electron chi connectivity index (χ1n) is 5.65. The fourth-order valence-corrected chi connectivity index (χ4v) is 2.23. The summed E-state index contributed by atoms with van der Waals surface area (Å²) in [5.74, 6) is -0.0676. The lowest BCUT2D eigenvalue weighted by atomic mass is 10.3. The van der Waals surface area contributed by atoms with Crippen LogP contribution >= 0.6 is 23.8 Å². The van der Waals surface area contributed by atoms with Crippen LogP contribution < -0.4 is 5.32 Å². The zero-order valence-electron chi connectivity index (χ0n) is 10.2. The molecule has 2 rings (SSSR count). The fraction of sp³-hybridized carbons (Fsp3) is 0.333. The van der Waals surface area contributed by atoms with Crippen LogP contribution in [0.15, 0.2) is 18.2 Å². The first kappa shape index (κ1) is 13.1. The molecule has 0 fully saturated rings. The maximum Gasteiger partial charge on any atom is 0.240 e. The van der Waals surface area contributed by atoms with Gasteiger partial charge in [0.15, 0.2) is 4.77 Å². The van der Waals surface area contributed by atoms with Gasteiger partial charge in [0.05, 0.1) is 11.0 Å². The van der Waals surface area contributed by atoms with E-state index in [1.165, 1.54) is 0 Å². The number of H-pyrrole nitrogens is 1. The molecule has 0 saturated heterocycles. The summed E-state index contributed by atoms with van der Waals surface area (Å²) in [4.78, 5) is 14.8. The van der Waals surface area contributed by atoms with Crippen molar-refractivity contribution in [1.82, 2.24) is 14.9 Å². The fourth-order valence-electron chi connectivity index (χ4n) is 1.79. The van der Waals surface area contributed by atoms with Gasteiger partial charge in [0.1, 0.15) is 6.54 Å². The van der Waals surface area contributed by atoms with E-state index in [1.807, 2.05) is 19.9 Å². The number of aromatic amines is 1. The lowest BCUT2D eigenvalue weighted by Gasteiger charge is -2.09. The van der Waals surface area contributed by atoms with E-state index in [2.05, 4.69) is 10.3 Å². The Hall–Kier alpha value is -1.33. The summed E-state index contributed by atoms with van der Waals surface area (Å²) in [7, 11) is 0. The van der Waals surface area contributed by atoms with Crippen molar-refractivity contribution in [1.29, 1.82) is 0 Å². The molecule has 0 aliphatic heterocycles. The normalized spacial score (nSPS) is 11.1. The number of aromatic nitrogens is 2. The van der Waals surface area contributed by atoms with Crippen molar-refractivity contribution < 1.29 is 4.79 Å². The Morgan fingerprint density at radius 1 is 1.56 bits per heavy atom. The number of halogens is 1. The van der Waals surface area contributed by atoms with Crippen LogP contribution in [0, 0.1) is 4.77 Å². The molecule has 1 aromatic carbocycles. The minimum absolute atomic E-state index is 0.0676. The largest absolute Gasteiger partial charge is 0.352 e. The smallest absolute Gasteiger partial charge is 0.240 e. The molecule has 0 atom stereocenters. The molecule has 2 N–H and O–H groups in total. The third-order valence-electron chi connectivity index (χ3n) is 2.49. The van der Waals surface area contributed by atoms with Gasteiger partial charge in [-0.3, -0.25) is 4.79 Å². The van der Waals surface area contributed by atoms with Gasteiger partial charge in [0.25, 0.3) is 0 Å². The van der Waals surface area contributed by atoms with E-state index in [9.17, 15) is 4.79 Å². The van der Waals surface area contributed by atoms with Gasteiger partial charge in [-0.25, -0.2) is 0 Å². The predicted octanol–water partition coefficient (Wildman–Crippen LogP) is 2.88. The SMILES string of the molecule is CC(C)NC(=O)Cn1c(=S)[nH]c2ccc(Cl)cc21. The van der Waals surface area contributed by atoms with E-state index in [4.69, 9.17) is 23.8 Å². The number of imidazole rings is 1. The average Bonchev–Trinajstić information content (AvgIpc) is 2.55. The van der Waals surface area contributed by atoms with Crippen LogP contribution in [0.25, 0.3) is 11.0 Å². The number of hydrogen-bond acceptors (Lipinski definition) is 2. The van der Waals surface area contributed by atoms with Crippen LogP contribution in [0.2, 0.25) is 5.02 Å². The molecule has 18 heavy (non-hydrogen) atoms. The van der Waals surface area contributed by atoms with Crippen molar-refractivity contribution in [3.63, 3.8) is 0 Å². The number of carbonyl (C=O) groups excluding carboxylic acids is 1. The molecule has 4 nitrogen and oxygen atoms in total. The number of amides is 1. The highest BCUT2D eigenvalue weighted by Crippen LogP contribution is 2.19. The van der Waals surface area contributed by atoms with Crippen molar-refractivity contribution in [3.8, 4) is 0 Å². The Bertz CT molecular complexity index is 644. The van der Waals surface area contributed by atoms with E-state index in [-0.39, 0.29) is 18.5 Å². The highest BCUT2D eigenvalue weighted by atomic mass is 35.5. The molecule has 0 radical (unpaired) electrons. The van der Waals surface area contributed by atoms with Gasteiger partial charge in [-0.2, -0.15) is 0 Å². The topological polar surface area (TPSA) is 49.8 Å². The van der Waals surface area contributed by atoms with Crippen LogP contribution in [0.4, 0.5) is 0 Å². The van der Waals surface area contributed by atoms with Crippen molar-refractivity contribution in [3.05, 3.63) is 28.0 Å². The van der Waals surface area contributed by atoms with E-state index < -0.39 is 0 Å². The Balaban J connectivity index is 2.38. The molecule has 0 saturated carbocycles. The molecule has 96 valence electrons. The lowest BCUT2D eigenvalue weighted by Crippen LogP contribution is -2.33. The number of benzene rings is 1. The lowest BCUT2D eigenvalue weighted by molar-refractivity contribution is -0.122. The van der Waals surface area contributed by atoms with Gasteiger partial charge < -0.3 is 14.9 Å². The standard InChI is InChI=1S/C12H14ClN3OS/c1-7(2)14-11(17)6-16-10-5-8(13)3-4-9(10)15-12(16)18/h3-5,7H,6H2,1-2H3,(H,14,17)(H,15,18). The molecule has 0 bridgehead atoms. The molecular formula is C12H14ClN3OS. The van der Waals surface area contributed by atoms with E-state index in [1.54, 1.807) is 16.7 Å².